The number of nitrogens with zero attached hydrogens (tertiary/aromatic N) is 1. The Morgan fingerprint density at radius 2 is 1.62 bits per heavy atom. The molecule has 1 aromatic heterocycles. The first-order valence-corrected chi connectivity index (χ1v) is 11.0. The van der Waals surface area contributed by atoms with Gasteiger partial charge in [0.25, 0.3) is 0 Å². The molecule has 1 aliphatic rings. The summed E-state index contributed by atoms with van der Waals surface area (Å²) in [5.41, 5.74) is 5.20. The molecule has 0 saturated carbocycles. The fraction of sp³-hybridized carbons (Fsp3) is 0.231. The number of pyridine rings is 1. The molecule has 3 N–H and O–H groups in total. The molecule has 2 amide bonds. The van der Waals surface area contributed by atoms with E-state index in [2.05, 4.69) is 39.9 Å². The second-order valence-electron chi connectivity index (χ2n) is 8.18. The van der Waals surface area contributed by atoms with E-state index in [0.29, 0.717) is 5.56 Å². The van der Waals surface area contributed by atoms with Crippen LogP contribution in [0.15, 0.2) is 66.9 Å². The maximum Gasteiger partial charge on any atom is 0.407 e. The van der Waals surface area contributed by atoms with Crippen molar-refractivity contribution >= 4 is 18.0 Å². The molecule has 4 rings (SSSR count). The number of hydrogen-bond acceptors (Lipinski definition) is 5. The Kier molecular flexibility index (Phi) is 6.87. The molecule has 0 radical (unpaired) electrons. The van der Waals surface area contributed by atoms with Gasteiger partial charge in [0.05, 0.1) is 5.92 Å². The van der Waals surface area contributed by atoms with E-state index in [0.717, 1.165) is 22.3 Å². The number of carboxylic acids is 1. The Morgan fingerprint density at radius 3 is 2.21 bits per heavy atom. The van der Waals surface area contributed by atoms with Crippen LogP contribution >= 0.6 is 0 Å². The molecule has 2 aromatic carbocycles. The van der Waals surface area contributed by atoms with Crippen LogP contribution in [0.4, 0.5) is 4.79 Å². The van der Waals surface area contributed by atoms with Gasteiger partial charge in [0.1, 0.15) is 12.3 Å². The largest absolute Gasteiger partial charge is 0.477 e. The van der Waals surface area contributed by atoms with Gasteiger partial charge in [0.2, 0.25) is 5.91 Å². The van der Waals surface area contributed by atoms with Crippen molar-refractivity contribution < 1.29 is 24.2 Å². The normalized spacial score (nSPS) is 12.9. The van der Waals surface area contributed by atoms with Gasteiger partial charge in [0.15, 0.2) is 0 Å². The minimum absolute atomic E-state index is 0.0278. The second kappa shape index (κ2) is 10.2. The van der Waals surface area contributed by atoms with E-state index in [1.165, 1.54) is 12.3 Å². The van der Waals surface area contributed by atoms with Crippen LogP contribution < -0.4 is 10.6 Å². The lowest BCUT2D eigenvalue weighted by Gasteiger charge is -2.16. The summed E-state index contributed by atoms with van der Waals surface area (Å²) in [6.45, 7) is 2.24. The molecule has 34 heavy (non-hydrogen) atoms. The molecule has 1 aliphatic carbocycles. The summed E-state index contributed by atoms with van der Waals surface area (Å²) in [5.74, 6) is -1.86. The number of amides is 2. The maximum absolute atomic E-state index is 12.3. The number of aromatic nitrogens is 1. The van der Waals surface area contributed by atoms with Crippen molar-refractivity contribution in [2.24, 2.45) is 5.92 Å². The third kappa shape index (κ3) is 5.06. The molecule has 1 unspecified atom stereocenters. The van der Waals surface area contributed by atoms with Gasteiger partial charge in [-0.05, 0) is 33.9 Å². The van der Waals surface area contributed by atoms with Crippen molar-refractivity contribution in [3.05, 3.63) is 89.2 Å². The molecule has 1 heterocycles. The second-order valence-corrected chi connectivity index (χ2v) is 8.18. The number of nitrogens with one attached hydrogen (secondary N) is 2. The molecule has 0 saturated heterocycles. The Bertz CT molecular complexity index is 1160. The molecule has 0 fully saturated rings. The van der Waals surface area contributed by atoms with E-state index in [9.17, 15) is 14.4 Å². The summed E-state index contributed by atoms with van der Waals surface area (Å²) in [7, 11) is 0. The van der Waals surface area contributed by atoms with Gasteiger partial charge in [-0.1, -0.05) is 61.5 Å². The van der Waals surface area contributed by atoms with Crippen LogP contribution in [0.2, 0.25) is 0 Å². The van der Waals surface area contributed by atoms with Crippen LogP contribution in [-0.4, -0.2) is 41.2 Å². The monoisotopic (exact) mass is 459 g/mol. The van der Waals surface area contributed by atoms with Gasteiger partial charge in [-0.15, -0.1) is 0 Å². The molecule has 174 valence electrons. The van der Waals surface area contributed by atoms with Crippen molar-refractivity contribution in [1.82, 2.24) is 15.6 Å². The lowest BCUT2D eigenvalue weighted by Crippen LogP contribution is -2.37. The Labute approximate surface area is 197 Å². The van der Waals surface area contributed by atoms with Gasteiger partial charge in [-0.25, -0.2) is 14.6 Å². The van der Waals surface area contributed by atoms with Crippen LogP contribution in [0.25, 0.3) is 11.1 Å². The zero-order valence-electron chi connectivity index (χ0n) is 18.7. The van der Waals surface area contributed by atoms with Crippen LogP contribution in [0, 0.1) is 5.92 Å². The van der Waals surface area contributed by atoms with E-state index in [-0.39, 0.29) is 37.2 Å². The summed E-state index contributed by atoms with van der Waals surface area (Å²) >= 11 is 0. The number of carbonyl (C=O) groups excluding carboxylic acids is 2. The van der Waals surface area contributed by atoms with Gasteiger partial charge in [0, 0.05) is 25.2 Å². The number of rotatable bonds is 8. The van der Waals surface area contributed by atoms with Crippen molar-refractivity contribution in [2.45, 2.75) is 19.4 Å². The number of benzene rings is 2. The first kappa shape index (κ1) is 23.0. The third-order valence-corrected chi connectivity index (χ3v) is 5.85. The van der Waals surface area contributed by atoms with Crippen LogP contribution in [0.5, 0.6) is 0 Å². The quantitative estimate of drug-likeness (QED) is 0.474. The summed E-state index contributed by atoms with van der Waals surface area (Å²) in [5, 5.41) is 14.3. The lowest BCUT2D eigenvalue weighted by molar-refractivity contribution is -0.124. The highest BCUT2D eigenvalue weighted by molar-refractivity contribution is 5.85. The predicted octanol–water partition coefficient (Wildman–Crippen LogP) is 3.57. The Morgan fingerprint density at radius 1 is 0.971 bits per heavy atom. The molecule has 1 atom stereocenters. The van der Waals surface area contributed by atoms with Gasteiger partial charge in [-0.3, -0.25) is 4.79 Å². The highest BCUT2D eigenvalue weighted by Crippen LogP contribution is 2.44. The number of aromatic carboxylic acids is 1. The summed E-state index contributed by atoms with van der Waals surface area (Å²) in [6.07, 6.45) is 0.832. The molecular weight excluding hydrogens is 434 g/mol. The average Bonchev–Trinajstić information content (AvgIpc) is 3.18. The average molecular weight is 460 g/mol. The molecule has 0 aliphatic heterocycles. The van der Waals surface area contributed by atoms with Crippen molar-refractivity contribution in [3.63, 3.8) is 0 Å². The van der Waals surface area contributed by atoms with Crippen LogP contribution in [0.3, 0.4) is 0 Å². The topological polar surface area (TPSA) is 118 Å². The number of alkyl carbamates (subject to hydrolysis) is 1. The zero-order valence-corrected chi connectivity index (χ0v) is 18.7. The molecule has 8 heteroatoms. The van der Waals surface area contributed by atoms with Crippen molar-refractivity contribution in [3.8, 4) is 11.1 Å². The van der Waals surface area contributed by atoms with Gasteiger partial charge < -0.3 is 20.5 Å². The van der Waals surface area contributed by atoms with Gasteiger partial charge >= 0.3 is 12.1 Å². The first-order chi connectivity index (χ1) is 16.4. The van der Waals surface area contributed by atoms with E-state index < -0.39 is 18.0 Å². The minimum Gasteiger partial charge on any atom is -0.477 e. The van der Waals surface area contributed by atoms with Crippen molar-refractivity contribution in [2.75, 3.05) is 13.2 Å². The number of carbonyl (C=O) groups is 3. The molecule has 0 spiro atoms. The summed E-state index contributed by atoms with van der Waals surface area (Å²) < 4.78 is 5.49. The first-order valence-electron chi connectivity index (χ1n) is 11.0. The highest BCUT2D eigenvalue weighted by Gasteiger charge is 2.29. The predicted molar refractivity (Wildman–Crippen MR) is 125 cm³/mol. The molecule has 3 aromatic rings. The minimum atomic E-state index is -1.11. The maximum atomic E-state index is 12.3. The van der Waals surface area contributed by atoms with E-state index in [4.69, 9.17) is 9.84 Å². The Balaban J connectivity index is 1.24. The van der Waals surface area contributed by atoms with E-state index >= 15 is 0 Å². The molecule has 8 nitrogen and oxygen atoms in total. The fourth-order valence-electron chi connectivity index (χ4n) is 4.00. The van der Waals surface area contributed by atoms with E-state index in [1.54, 1.807) is 13.0 Å². The SMILES string of the molecule is CC(CNC(=O)OCC1c2ccccc2-c2ccccc21)C(=O)NCc1ccc(C(=O)O)nc1. The zero-order chi connectivity index (χ0) is 24.1. The molecule has 0 bridgehead atoms. The smallest absolute Gasteiger partial charge is 0.407 e. The number of fused-ring (bicyclic) bond motifs is 3. The van der Waals surface area contributed by atoms with Crippen LogP contribution in [0.1, 0.15) is 40.0 Å². The van der Waals surface area contributed by atoms with Crippen molar-refractivity contribution in [1.29, 1.82) is 0 Å². The standard InChI is InChI=1S/C26H25N3O5/c1-16(24(30)28-14-17-10-11-23(25(31)32)27-13-17)12-29-26(33)34-15-22-20-8-4-2-6-18(20)19-7-3-5-9-21(19)22/h2-11,13,16,22H,12,14-15H2,1H3,(H,28,30)(H,29,33)(H,31,32). The van der Waals surface area contributed by atoms with Gasteiger partial charge in [-0.2, -0.15) is 0 Å². The fourth-order valence-corrected chi connectivity index (χ4v) is 4.00. The summed E-state index contributed by atoms with van der Waals surface area (Å²) in [6, 6.07) is 19.2. The molecular formula is C26H25N3O5. The third-order valence-electron chi connectivity index (χ3n) is 5.85. The lowest BCUT2D eigenvalue weighted by atomic mass is 9.98. The number of ether oxygens (including phenoxy) is 1. The van der Waals surface area contributed by atoms with E-state index in [1.807, 2.05) is 24.3 Å². The van der Waals surface area contributed by atoms with Crippen LogP contribution in [-0.2, 0) is 16.1 Å². The number of carboxylic acid groups (broad SMARTS) is 1. The Hall–Kier alpha value is -4.20. The summed E-state index contributed by atoms with van der Waals surface area (Å²) in [4.78, 5) is 39.3. The highest BCUT2D eigenvalue weighted by atomic mass is 16.5. The number of hydrogen-bond donors (Lipinski definition) is 3.